The van der Waals surface area contributed by atoms with Gasteiger partial charge in [-0.25, -0.2) is 21.9 Å². The zero-order chi connectivity index (χ0) is 14.1. The molecule has 0 radical (unpaired) electrons. The van der Waals surface area contributed by atoms with E-state index in [2.05, 4.69) is 4.72 Å². The molecule has 1 aromatic rings. The van der Waals surface area contributed by atoms with E-state index in [1.807, 2.05) is 0 Å². The Labute approximate surface area is 109 Å². The molecule has 1 fully saturated rings. The maximum atomic E-state index is 13.0. The predicted molar refractivity (Wildman–Crippen MR) is 61.9 cm³/mol. The minimum Gasteiger partial charge on any atom is -0.386 e. The molecule has 0 saturated carbocycles. The monoisotopic (exact) mass is 293 g/mol. The van der Waals surface area contributed by atoms with E-state index in [0.29, 0.717) is 31.2 Å². The van der Waals surface area contributed by atoms with Gasteiger partial charge in [0.05, 0.1) is 11.5 Å². The summed E-state index contributed by atoms with van der Waals surface area (Å²) in [6, 6.07) is 2.00. The van der Waals surface area contributed by atoms with Crippen LogP contribution < -0.4 is 4.72 Å². The lowest BCUT2D eigenvalue weighted by Gasteiger charge is -2.20. The molecule has 1 unspecified atom stereocenters. The van der Waals surface area contributed by atoms with E-state index < -0.39 is 32.2 Å². The summed E-state index contributed by atoms with van der Waals surface area (Å²) >= 11 is 0. The standard InChI is InChI=1S/C11H13F2NO4S/c12-8-3-9(13)5-10(4-8)19(16,17)14-6-11(15)1-2-18-7-11/h3-5,14-15H,1-2,6-7H2. The highest BCUT2D eigenvalue weighted by atomic mass is 32.2. The average Bonchev–Trinajstić information content (AvgIpc) is 2.73. The molecule has 0 spiro atoms. The Balaban J connectivity index is 2.13. The number of aliphatic hydroxyl groups is 1. The van der Waals surface area contributed by atoms with Gasteiger partial charge in [0.25, 0.3) is 0 Å². The van der Waals surface area contributed by atoms with Gasteiger partial charge in [-0.1, -0.05) is 0 Å². The molecule has 2 N–H and O–H groups in total. The van der Waals surface area contributed by atoms with Gasteiger partial charge in [-0.2, -0.15) is 0 Å². The molecule has 1 aliphatic heterocycles. The first kappa shape index (κ1) is 14.3. The van der Waals surface area contributed by atoms with Crippen LogP contribution in [-0.4, -0.2) is 38.9 Å². The molecule has 1 atom stereocenters. The fourth-order valence-electron chi connectivity index (χ4n) is 1.73. The van der Waals surface area contributed by atoms with Gasteiger partial charge in [0.2, 0.25) is 10.0 Å². The summed E-state index contributed by atoms with van der Waals surface area (Å²) in [5, 5.41) is 9.91. The number of ether oxygens (including phenoxy) is 1. The van der Waals surface area contributed by atoms with E-state index >= 15 is 0 Å². The summed E-state index contributed by atoms with van der Waals surface area (Å²) in [6.07, 6.45) is 0.299. The zero-order valence-electron chi connectivity index (χ0n) is 9.90. The summed E-state index contributed by atoms with van der Waals surface area (Å²) in [4.78, 5) is -0.521. The molecule has 1 aliphatic rings. The quantitative estimate of drug-likeness (QED) is 0.842. The van der Waals surface area contributed by atoms with Crippen molar-refractivity contribution in [3.8, 4) is 0 Å². The molecule has 5 nitrogen and oxygen atoms in total. The number of benzene rings is 1. The van der Waals surface area contributed by atoms with E-state index in [-0.39, 0.29) is 13.2 Å². The van der Waals surface area contributed by atoms with Crippen molar-refractivity contribution < 1.29 is 27.0 Å². The normalized spacial score (nSPS) is 23.7. The molecule has 2 rings (SSSR count). The third-order valence-corrected chi connectivity index (χ3v) is 4.20. The highest BCUT2D eigenvalue weighted by molar-refractivity contribution is 7.89. The highest BCUT2D eigenvalue weighted by Crippen LogP contribution is 2.19. The van der Waals surface area contributed by atoms with Crippen LogP contribution in [0.15, 0.2) is 23.1 Å². The van der Waals surface area contributed by atoms with Gasteiger partial charge in [0, 0.05) is 25.6 Å². The first-order valence-electron chi connectivity index (χ1n) is 5.57. The summed E-state index contributed by atoms with van der Waals surface area (Å²) in [5.74, 6) is -1.97. The van der Waals surface area contributed by atoms with Gasteiger partial charge < -0.3 is 9.84 Å². The molecule has 0 aliphatic carbocycles. The van der Waals surface area contributed by atoms with Crippen LogP contribution in [0.2, 0.25) is 0 Å². The first-order valence-corrected chi connectivity index (χ1v) is 7.05. The van der Waals surface area contributed by atoms with E-state index in [4.69, 9.17) is 4.74 Å². The van der Waals surface area contributed by atoms with Crippen molar-refractivity contribution in [1.82, 2.24) is 4.72 Å². The lowest BCUT2D eigenvalue weighted by atomic mass is 10.1. The lowest BCUT2D eigenvalue weighted by Crippen LogP contribution is -2.43. The number of hydrogen-bond donors (Lipinski definition) is 2. The molecule has 0 aromatic heterocycles. The minimum atomic E-state index is -4.08. The summed E-state index contributed by atoms with van der Waals surface area (Å²) < 4.78 is 56.7. The number of nitrogens with one attached hydrogen (secondary N) is 1. The Hall–Kier alpha value is -1.09. The predicted octanol–water partition coefficient (Wildman–Crippen LogP) is 0.394. The van der Waals surface area contributed by atoms with Gasteiger partial charge in [0.1, 0.15) is 17.2 Å². The number of sulfonamides is 1. The number of hydrogen-bond acceptors (Lipinski definition) is 4. The molecule has 106 valence electrons. The van der Waals surface area contributed by atoms with Gasteiger partial charge in [-0.3, -0.25) is 0 Å². The van der Waals surface area contributed by atoms with Crippen LogP contribution in [0.4, 0.5) is 8.78 Å². The van der Waals surface area contributed by atoms with E-state index in [9.17, 15) is 22.3 Å². The van der Waals surface area contributed by atoms with Crippen molar-refractivity contribution >= 4 is 10.0 Å². The second kappa shape index (κ2) is 5.12. The Bertz CT molecular complexity index is 550. The zero-order valence-corrected chi connectivity index (χ0v) is 10.7. The van der Waals surface area contributed by atoms with Crippen molar-refractivity contribution in [2.45, 2.75) is 16.9 Å². The Morgan fingerprint density at radius 1 is 1.32 bits per heavy atom. The highest BCUT2D eigenvalue weighted by Gasteiger charge is 2.33. The molecule has 1 heterocycles. The topological polar surface area (TPSA) is 75.6 Å². The van der Waals surface area contributed by atoms with Crippen molar-refractivity contribution in [2.24, 2.45) is 0 Å². The lowest BCUT2D eigenvalue weighted by molar-refractivity contribution is 0.0314. The van der Waals surface area contributed by atoms with Gasteiger partial charge in [0.15, 0.2) is 0 Å². The second-order valence-electron chi connectivity index (χ2n) is 4.46. The Morgan fingerprint density at radius 3 is 2.47 bits per heavy atom. The van der Waals surface area contributed by atoms with E-state index in [1.54, 1.807) is 0 Å². The van der Waals surface area contributed by atoms with Crippen LogP contribution in [0.3, 0.4) is 0 Å². The fraction of sp³-hybridized carbons (Fsp3) is 0.455. The van der Waals surface area contributed by atoms with Crippen molar-refractivity contribution in [3.05, 3.63) is 29.8 Å². The fourth-order valence-corrected chi connectivity index (χ4v) is 2.89. The first-order chi connectivity index (χ1) is 8.81. The van der Waals surface area contributed by atoms with Crippen LogP contribution in [-0.2, 0) is 14.8 Å². The summed E-state index contributed by atoms with van der Waals surface area (Å²) in [5.41, 5.74) is -1.28. The summed E-state index contributed by atoms with van der Waals surface area (Å²) in [7, 11) is -4.08. The van der Waals surface area contributed by atoms with Crippen LogP contribution >= 0.6 is 0 Å². The molecule has 19 heavy (non-hydrogen) atoms. The second-order valence-corrected chi connectivity index (χ2v) is 6.22. The maximum absolute atomic E-state index is 13.0. The van der Waals surface area contributed by atoms with Gasteiger partial charge in [-0.05, 0) is 12.1 Å². The van der Waals surface area contributed by atoms with Gasteiger partial charge in [-0.15, -0.1) is 0 Å². The largest absolute Gasteiger partial charge is 0.386 e. The van der Waals surface area contributed by atoms with Crippen molar-refractivity contribution in [1.29, 1.82) is 0 Å². The third kappa shape index (κ3) is 3.47. The maximum Gasteiger partial charge on any atom is 0.240 e. The van der Waals surface area contributed by atoms with Crippen LogP contribution in [0.1, 0.15) is 6.42 Å². The Kier molecular flexibility index (Phi) is 3.86. The Morgan fingerprint density at radius 2 is 1.95 bits per heavy atom. The van der Waals surface area contributed by atoms with Crippen LogP contribution in [0.5, 0.6) is 0 Å². The molecule has 0 amide bonds. The van der Waals surface area contributed by atoms with E-state index in [1.165, 1.54) is 0 Å². The molecular weight excluding hydrogens is 280 g/mol. The smallest absolute Gasteiger partial charge is 0.240 e. The van der Waals surface area contributed by atoms with Crippen molar-refractivity contribution in [3.63, 3.8) is 0 Å². The summed E-state index contributed by atoms with van der Waals surface area (Å²) in [6.45, 7) is 0.0906. The molecule has 0 bridgehead atoms. The van der Waals surface area contributed by atoms with Crippen molar-refractivity contribution in [2.75, 3.05) is 19.8 Å². The number of rotatable bonds is 4. The molecule has 1 saturated heterocycles. The average molecular weight is 293 g/mol. The van der Waals surface area contributed by atoms with Crippen LogP contribution in [0, 0.1) is 11.6 Å². The SMILES string of the molecule is O=S(=O)(NCC1(O)CCOC1)c1cc(F)cc(F)c1. The third-order valence-electron chi connectivity index (χ3n) is 2.82. The molecule has 8 heteroatoms. The number of halogens is 2. The van der Waals surface area contributed by atoms with Crippen LogP contribution in [0.25, 0.3) is 0 Å². The minimum absolute atomic E-state index is 0.0209. The van der Waals surface area contributed by atoms with Gasteiger partial charge >= 0.3 is 0 Å². The molecule has 1 aromatic carbocycles. The molecular formula is C11H13F2NO4S. The van der Waals surface area contributed by atoms with E-state index in [0.717, 1.165) is 0 Å².